The molecule has 1 aromatic heterocycles. The van der Waals surface area contributed by atoms with E-state index in [2.05, 4.69) is 26.1 Å². The maximum atomic E-state index is 5.06. The zero-order chi connectivity index (χ0) is 14.2. The molecule has 0 radical (unpaired) electrons. The van der Waals surface area contributed by atoms with Crippen molar-refractivity contribution < 1.29 is 0 Å². The average molecular weight is 292 g/mol. The lowest BCUT2D eigenvalue weighted by atomic mass is 9.71. The van der Waals surface area contributed by atoms with E-state index in [1.54, 1.807) is 0 Å². The predicted octanol–water partition coefficient (Wildman–Crippen LogP) is 4.56. The van der Waals surface area contributed by atoms with Crippen molar-refractivity contribution in [1.82, 2.24) is 10.3 Å². The molecule has 2 fully saturated rings. The first-order valence-corrected chi connectivity index (χ1v) is 9.25. The summed E-state index contributed by atoms with van der Waals surface area (Å²) in [5, 5.41) is 5.43. The molecular weight excluding hydrogens is 264 g/mol. The van der Waals surface area contributed by atoms with Crippen LogP contribution in [0.25, 0.3) is 0 Å². The summed E-state index contributed by atoms with van der Waals surface area (Å²) >= 11 is 1.96. The lowest BCUT2D eigenvalue weighted by molar-refractivity contribution is 0.132. The standard InChI is InChI=1S/C17H28N2S/c1-4-13-8-6-7-11-17(13,19-14-9-10-14)16-18-15(5-2)12(3)20-16/h13-14,19H,4-11H2,1-3H3. The summed E-state index contributed by atoms with van der Waals surface area (Å²) < 4.78 is 0. The van der Waals surface area contributed by atoms with Gasteiger partial charge in [0, 0.05) is 10.9 Å². The van der Waals surface area contributed by atoms with Crippen LogP contribution in [0.4, 0.5) is 0 Å². The summed E-state index contributed by atoms with van der Waals surface area (Å²) in [5.74, 6) is 0.770. The van der Waals surface area contributed by atoms with Crippen molar-refractivity contribution >= 4 is 11.3 Å². The quantitative estimate of drug-likeness (QED) is 0.860. The van der Waals surface area contributed by atoms with Crippen LogP contribution >= 0.6 is 11.3 Å². The number of hydrogen-bond acceptors (Lipinski definition) is 3. The maximum absolute atomic E-state index is 5.06. The first-order valence-electron chi connectivity index (χ1n) is 8.44. The molecule has 2 nitrogen and oxygen atoms in total. The van der Waals surface area contributed by atoms with E-state index in [1.165, 1.54) is 60.5 Å². The van der Waals surface area contributed by atoms with Gasteiger partial charge in [0.05, 0.1) is 11.2 Å². The van der Waals surface area contributed by atoms with Gasteiger partial charge in [0.2, 0.25) is 0 Å². The third-order valence-corrected chi connectivity index (χ3v) is 6.40. The van der Waals surface area contributed by atoms with Crippen molar-refractivity contribution in [1.29, 1.82) is 0 Å². The van der Waals surface area contributed by atoms with E-state index in [0.717, 1.165) is 18.4 Å². The second-order valence-corrected chi connectivity index (χ2v) is 7.82. The summed E-state index contributed by atoms with van der Waals surface area (Å²) in [6.07, 6.45) is 10.5. The van der Waals surface area contributed by atoms with Gasteiger partial charge in [-0.1, -0.05) is 33.1 Å². The molecule has 2 saturated carbocycles. The topological polar surface area (TPSA) is 24.9 Å². The van der Waals surface area contributed by atoms with Crippen molar-refractivity contribution in [3.8, 4) is 0 Å². The summed E-state index contributed by atoms with van der Waals surface area (Å²) in [4.78, 5) is 6.49. The normalized spacial score (nSPS) is 30.6. The van der Waals surface area contributed by atoms with Crippen LogP contribution in [0.5, 0.6) is 0 Å². The molecule has 2 aliphatic rings. The molecule has 0 bridgehead atoms. The molecule has 1 N–H and O–H groups in total. The Kier molecular flexibility index (Phi) is 4.19. The molecule has 2 aliphatic carbocycles. The average Bonchev–Trinajstić information content (AvgIpc) is 3.19. The number of hydrogen-bond donors (Lipinski definition) is 1. The molecule has 20 heavy (non-hydrogen) atoms. The van der Waals surface area contributed by atoms with Crippen LogP contribution in [-0.4, -0.2) is 11.0 Å². The molecule has 1 aromatic rings. The Balaban J connectivity index is 1.98. The van der Waals surface area contributed by atoms with E-state index in [9.17, 15) is 0 Å². The molecule has 2 unspecified atom stereocenters. The van der Waals surface area contributed by atoms with Gasteiger partial charge in [-0.15, -0.1) is 11.3 Å². The Morgan fingerprint density at radius 1 is 1.25 bits per heavy atom. The first-order chi connectivity index (χ1) is 9.69. The van der Waals surface area contributed by atoms with Crippen LogP contribution in [0.2, 0.25) is 0 Å². The van der Waals surface area contributed by atoms with Gasteiger partial charge in [0.25, 0.3) is 0 Å². The molecular formula is C17H28N2S. The summed E-state index contributed by atoms with van der Waals surface area (Å²) in [6, 6.07) is 0.761. The second kappa shape index (κ2) is 5.76. The van der Waals surface area contributed by atoms with Crippen LogP contribution in [-0.2, 0) is 12.0 Å². The van der Waals surface area contributed by atoms with Crippen LogP contribution in [0.1, 0.15) is 74.4 Å². The maximum Gasteiger partial charge on any atom is 0.114 e. The largest absolute Gasteiger partial charge is 0.302 e. The SMILES string of the molecule is CCc1nc(C2(NC3CC3)CCCCC2CC)sc1C. The highest BCUT2D eigenvalue weighted by Gasteiger charge is 2.46. The molecule has 112 valence electrons. The van der Waals surface area contributed by atoms with E-state index < -0.39 is 0 Å². The minimum atomic E-state index is 0.191. The summed E-state index contributed by atoms with van der Waals surface area (Å²) in [6.45, 7) is 6.83. The fourth-order valence-corrected chi connectivity index (χ4v) is 5.13. The number of thiazole rings is 1. The van der Waals surface area contributed by atoms with Gasteiger partial charge in [-0.3, -0.25) is 0 Å². The van der Waals surface area contributed by atoms with E-state index in [4.69, 9.17) is 4.98 Å². The van der Waals surface area contributed by atoms with Crippen molar-refractivity contribution in [3.63, 3.8) is 0 Å². The Labute approximate surface area is 127 Å². The molecule has 3 heteroatoms. The molecule has 3 rings (SSSR count). The van der Waals surface area contributed by atoms with Gasteiger partial charge in [-0.2, -0.15) is 0 Å². The van der Waals surface area contributed by atoms with Gasteiger partial charge in [0.15, 0.2) is 0 Å². The van der Waals surface area contributed by atoms with Crippen LogP contribution in [0.15, 0.2) is 0 Å². The van der Waals surface area contributed by atoms with Gasteiger partial charge < -0.3 is 5.32 Å². The number of nitrogens with zero attached hydrogens (tertiary/aromatic N) is 1. The molecule has 2 atom stereocenters. The van der Waals surface area contributed by atoms with Crippen molar-refractivity contribution in [2.45, 2.75) is 83.7 Å². The highest BCUT2D eigenvalue weighted by Crippen LogP contribution is 2.47. The molecule has 0 aliphatic heterocycles. The van der Waals surface area contributed by atoms with Gasteiger partial charge >= 0.3 is 0 Å². The summed E-state index contributed by atoms with van der Waals surface area (Å²) in [5.41, 5.74) is 1.51. The summed E-state index contributed by atoms with van der Waals surface area (Å²) in [7, 11) is 0. The van der Waals surface area contributed by atoms with Crippen LogP contribution in [0, 0.1) is 12.8 Å². The van der Waals surface area contributed by atoms with Gasteiger partial charge in [0.1, 0.15) is 5.01 Å². The van der Waals surface area contributed by atoms with E-state index >= 15 is 0 Å². The molecule has 0 spiro atoms. The monoisotopic (exact) mass is 292 g/mol. The van der Waals surface area contributed by atoms with Gasteiger partial charge in [-0.25, -0.2) is 4.98 Å². The zero-order valence-electron chi connectivity index (χ0n) is 13.2. The molecule has 0 saturated heterocycles. The number of aromatic nitrogens is 1. The number of aryl methyl sites for hydroxylation is 2. The Bertz CT molecular complexity index is 464. The minimum Gasteiger partial charge on any atom is -0.302 e. The van der Waals surface area contributed by atoms with Crippen molar-refractivity contribution in [3.05, 3.63) is 15.6 Å². The minimum absolute atomic E-state index is 0.191. The third-order valence-electron chi connectivity index (χ3n) is 5.21. The molecule has 0 aromatic carbocycles. The highest BCUT2D eigenvalue weighted by molar-refractivity contribution is 7.11. The number of nitrogens with one attached hydrogen (secondary N) is 1. The van der Waals surface area contributed by atoms with E-state index in [1.807, 2.05) is 11.3 Å². The highest BCUT2D eigenvalue weighted by atomic mass is 32.1. The van der Waals surface area contributed by atoms with Crippen molar-refractivity contribution in [2.75, 3.05) is 0 Å². The molecule has 0 amide bonds. The fourth-order valence-electron chi connectivity index (χ4n) is 3.87. The van der Waals surface area contributed by atoms with Crippen LogP contribution < -0.4 is 5.32 Å². The fraction of sp³-hybridized carbons (Fsp3) is 0.824. The van der Waals surface area contributed by atoms with Crippen LogP contribution in [0.3, 0.4) is 0 Å². The Hall–Kier alpha value is -0.410. The Morgan fingerprint density at radius 3 is 2.65 bits per heavy atom. The lowest BCUT2D eigenvalue weighted by Crippen LogP contribution is -2.51. The predicted molar refractivity (Wildman–Crippen MR) is 86.3 cm³/mol. The first kappa shape index (κ1) is 14.5. The van der Waals surface area contributed by atoms with Crippen molar-refractivity contribution in [2.24, 2.45) is 5.92 Å². The third kappa shape index (κ3) is 2.55. The lowest BCUT2D eigenvalue weighted by Gasteiger charge is -2.43. The van der Waals surface area contributed by atoms with E-state index in [0.29, 0.717) is 0 Å². The Morgan fingerprint density at radius 2 is 2.05 bits per heavy atom. The smallest absolute Gasteiger partial charge is 0.114 e. The van der Waals surface area contributed by atoms with E-state index in [-0.39, 0.29) is 5.54 Å². The second-order valence-electron chi connectivity index (χ2n) is 6.62. The number of rotatable bonds is 5. The van der Waals surface area contributed by atoms with Gasteiger partial charge in [-0.05, 0) is 44.9 Å². The zero-order valence-corrected chi connectivity index (χ0v) is 14.0. The molecule has 1 heterocycles.